The van der Waals surface area contributed by atoms with Crippen molar-refractivity contribution in [3.63, 3.8) is 0 Å². The van der Waals surface area contributed by atoms with Crippen molar-refractivity contribution in [2.75, 3.05) is 13.2 Å². The average molecular weight is 723 g/mol. The molecule has 0 fully saturated rings. The molecule has 0 amide bonds. The van der Waals surface area contributed by atoms with Crippen LogP contribution in [0, 0.1) is 5.92 Å². The largest absolute Gasteiger partial charge is 0.462 e. The first-order chi connectivity index (χ1) is 24.9. The van der Waals surface area contributed by atoms with Crippen LogP contribution in [-0.2, 0) is 28.6 Å². The van der Waals surface area contributed by atoms with Crippen LogP contribution >= 0.6 is 0 Å². The van der Waals surface area contributed by atoms with E-state index in [0.29, 0.717) is 19.3 Å². The third kappa shape index (κ3) is 39.5. The van der Waals surface area contributed by atoms with Gasteiger partial charge >= 0.3 is 17.9 Å². The number of carbonyl (C=O) groups is 3. The third-order valence-corrected chi connectivity index (χ3v) is 10.0. The summed E-state index contributed by atoms with van der Waals surface area (Å²) in [6.07, 6.45) is 38.0. The van der Waals surface area contributed by atoms with Crippen LogP contribution in [0.1, 0.15) is 246 Å². The first-order valence-corrected chi connectivity index (χ1v) is 22.4. The van der Waals surface area contributed by atoms with E-state index < -0.39 is 6.10 Å². The van der Waals surface area contributed by atoms with Crippen molar-refractivity contribution in [3.05, 3.63) is 0 Å². The predicted molar refractivity (Wildman–Crippen MR) is 215 cm³/mol. The molecule has 0 aromatic rings. The maximum atomic E-state index is 12.7. The molecule has 0 spiro atoms. The molecule has 302 valence electrons. The second-order valence-electron chi connectivity index (χ2n) is 15.8. The van der Waals surface area contributed by atoms with Gasteiger partial charge in [-0.25, -0.2) is 0 Å². The standard InChI is InChI=1S/C45H86O6/c1-5-7-9-11-13-15-17-19-24-28-32-36-43(46)49-39-42(51-45(48)38-34-30-26-20-18-16-14-12-10-8-6-2)40-50-44(47)37-33-29-25-22-21-23-27-31-35-41(3)4/h41-42H,5-40H2,1-4H3/t42-/m0/s1. The Balaban J connectivity index is 4.34. The van der Waals surface area contributed by atoms with Gasteiger partial charge < -0.3 is 14.2 Å². The molecule has 0 aliphatic carbocycles. The summed E-state index contributed by atoms with van der Waals surface area (Å²) in [6.45, 7) is 8.95. The van der Waals surface area contributed by atoms with E-state index in [0.717, 1.165) is 63.7 Å². The van der Waals surface area contributed by atoms with Gasteiger partial charge in [-0.15, -0.1) is 0 Å². The zero-order valence-corrected chi connectivity index (χ0v) is 34.6. The van der Waals surface area contributed by atoms with Gasteiger partial charge in [0.1, 0.15) is 13.2 Å². The normalized spacial score (nSPS) is 11.9. The van der Waals surface area contributed by atoms with Gasteiger partial charge in [0, 0.05) is 19.3 Å². The summed E-state index contributed by atoms with van der Waals surface area (Å²) < 4.78 is 16.7. The predicted octanol–water partition coefficient (Wildman–Crippen LogP) is 13.9. The van der Waals surface area contributed by atoms with Crippen LogP contribution in [-0.4, -0.2) is 37.2 Å². The van der Waals surface area contributed by atoms with Gasteiger partial charge in [0.2, 0.25) is 0 Å². The summed E-state index contributed by atoms with van der Waals surface area (Å²) in [4.78, 5) is 37.6. The highest BCUT2D eigenvalue weighted by Gasteiger charge is 2.19. The number of carbonyl (C=O) groups excluding carboxylic acids is 3. The molecule has 0 aromatic heterocycles. The Labute approximate surface area is 317 Å². The molecule has 0 heterocycles. The first kappa shape index (κ1) is 49.4. The summed E-state index contributed by atoms with van der Waals surface area (Å²) in [5, 5.41) is 0. The van der Waals surface area contributed by atoms with E-state index >= 15 is 0 Å². The van der Waals surface area contributed by atoms with Crippen LogP contribution in [0.4, 0.5) is 0 Å². The molecule has 0 aliphatic heterocycles. The molecule has 0 radical (unpaired) electrons. The smallest absolute Gasteiger partial charge is 0.306 e. The number of hydrogen-bond donors (Lipinski definition) is 0. The van der Waals surface area contributed by atoms with Gasteiger partial charge in [-0.3, -0.25) is 14.4 Å². The summed E-state index contributed by atoms with van der Waals surface area (Å²) >= 11 is 0. The van der Waals surface area contributed by atoms with E-state index in [1.807, 2.05) is 0 Å². The topological polar surface area (TPSA) is 78.9 Å². The Morgan fingerprint density at radius 2 is 0.647 bits per heavy atom. The Kier molecular flexibility index (Phi) is 38.4. The van der Waals surface area contributed by atoms with Gasteiger partial charge in [0.25, 0.3) is 0 Å². The van der Waals surface area contributed by atoms with E-state index in [2.05, 4.69) is 27.7 Å². The number of unbranched alkanes of at least 4 members (excludes halogenated alkanes) is 27. The molecule has 0 unspecified atom stereocenters. The maximum absolute atomic E-state index is 12.7. The van der Waals surface area contributed by atoms with Crippen LogP contribution in [0.3, 0.4) is 0 Å². The molecule has 51 heavy (non-hydrogen) atoms. The highest BCUT2D eigenvalue weighted by atomic mass is 16.6. The van der Waals surface area contributed by atoms with Gasteiger partial charge in [0.05, 0.1) is 0 Å². The van der Waals surface area contributed by atoms with Crippen LogP contribution in [0.2, 0.25) is 0 Å². The third-order valence-electron chi connectivity index (χ3n) is 10.0. The molecule has 0 bridgehead atoms. The Hall–Kier alpha value is -1.59. The van der Waals surface area contributed by atoms with Crippen molar-refractivity contribution in [2.45, 2.75) is 252 Å². The molecule has 0 rings (SSSR count). The summed E-state index contributed by atoms with van der Waals surface area (Å²) in [5.41, 5.74) is 0. The monoisotopic (exact) mass is 723 g/mol. The number of rotatable bonds is 40. The molecule has 0 aliphatic rings. The molecule has 0 saturated carbocycles. The fourth-order valence-electron chi connectivity index (χ4n) is 6.63. The summed E-state index contributed by atoms with van der Waals surface area (Å²) in [6, 6.07) is 0. The minimum absolute atomic E-state index is 0.0642. The molecule has 6 nitrogen and oxygen atoms in total. The second-order valence-corrected chi connectivity index (χ2v) is 15.8. The van der Waals surface area contributed by atoms with Crippen LogP contribution < -0.4 is 0 Å². The van der Waals surface area contributed by atoms with Crippen molar-refractivity contribution in [1.82, 2.24) is 0 Å². The molecular formula is C45H86O6. The van der Waals surface area contributed by atoms with Crippen molar-refractivity contribution in [3.8, 4) is 0 Å². The van der Waals surface area contributed by atoms with E-state index in [-0.39, 0.29) is 31.1 Å². The van der Waals surface area contributed by atoms with Crippen LogP contribution in [0.25, 0.3) is 0 Å². The summed E-state index contributed by atoms with van der Waals surface area (Å²) in [7, 11) is 0. The molecule has 6 heteroatoms. The fraction of sp³-hybridized carbons (Fsp3) is 0.933. The van der Waals surface area contributed by atoms with Gasteiger partial charge in [-0.2, -0.15) is 0 Å². The fourth-order valence-corrected chi connectivity index (χ4v) is 6.63. The Morgan fingerprint density at radius 1 is 0.373 bits per heavy atom. The second kappa shape index (κ2) is 39.6. The van der Waals surface area contributed by atoms with Gasteiger partial charge in [-0.05, 0) is 25.2 Å². The van der Waals surface area contributed by atoms with E-state index in [1.165, 1.54) is 141 Å². The maximum Gasteiger partial charge on any atom is 0.306 e. The van der Waals surface area contributed by atoms with Crippen molar-refractivity contribution in [2.24, 2.45) is 5.92 Å². The highest BCUT2D eigenvalue weighted by Crippen LogP contribution is 2.16. The lowest BCUT2D eigenvalue weighted by Crippen LogP contribution is -2.30. The molecule has 0 N–H and O–H groups in total. The molecule has 0 aromatic carbocycles. The quantitative estimate of drug-likeness (QED) is 0.0356. The van der Waals surface area contributed by atoms with Gasteiger partial charge in [-0.1, -0.05) is 207 Å². The molecule has 0 saturated heterocycles. The Morgan fingerprint density at radius 3 is 0.961 bits per heavy atom. The molecular weight excluding hydrogens is 636 g/mol. The lowest BCUT2D eigenvalue weighted by atomic mass is 10.0. The number of esters is 3. The van der Waals surface area contributed by atoms with Gasteiger partial charge in [0.15, 0.2) is 6.10 Å². The number of hydrogen-bond acceptors (Lipinski definition) is 6. The zero-order chi connectivity index (χ0) is 37.5. The lowest BCUT2D eigenvalue weighted by Gasteiger charge is -2.18. The van der Waals surface area contributed by atoms with Crippen LogP contribution in [0.15, 0.2) is 0 Å². The summed E-state index contributed by atoms with van der Waals surface area (Å²) in [5.74, 6) is -0.0612. The minimum atomic E-state index is -0.758. The highest BCUT2D eigenvalue weighted by molar-refractivity contribution is 5.71. The van der Waals surface area contributed by atoms with Crippen molar-refractivity contribution >= 4 is 17.9 Å². The Bertz CT molecular complexity index is 766. The zero-order valence-electron chi connectivity index (χ0n) is 34.6. The minimum Gasteiger partial charge on any atom is -0.462 e. The SMILES string of the molecule is CCCCCCCCCCCCCC(=O)OC[C@@H](COC(=O)CCCCCCCCCCC(C)C)OC(=O)CCCCCCCCCCCCC. The van der Waals surface area contributed by atoms with Crippen molar-refractivity contribution in [1.29, 1.82) is 0 Å². The lowest BCUT2D eigenvalue weighted by molar-refractivity contribution is -0.167. The number of ether oxygens (including phenoxy) is 3. The molecule has 1 atom stereocenters. The van der Waals surface area contributed by atoms with Crippen LogP contribution in [0.5, 0.6) is 0 Å². The van der Waals surface area contributed by atoms with E-state index in [4.69, 9.17) is 14.2 Å². The van der Waals surface area contributed by atoms with E-state index in [9.17, 15) is 14.4 Å². The first-order valence-electron chi connectivity index (χ1n) is 22.4. The van der Waals surface area contributed by atoms with E-state index in [1.54, 1.807) is 0 Å². The average Bonchev–Trinajstić information content (AvgIpc) is 3.11. The van der Waals surface area contributed by atoms with Crippen molar-refractivity contribution < 1.29 is 28.6 Å².